The largest absolute Gasteiger partial charge is 0.496 e. The molecule has 0 aliphatic heterocycles. The van der Waals surface area contributed by atoms with Gasteiger partial charge in [0.1, 0.15) is 5.75 Å². The normalized spacial score (nSPS) is 12.3. The number of ether oxygens (including phenoxy) is 1. The van der Waals surface area contributed by atoms with E-state index in [0.717, 1.165) is 25.8 Å². The highest BCUT2D eigenvalue weighted by Crippen LogP contribution is 2.32. The van der Waals surface area contributed by atoms with E-state index < -0.39 is 0 Å². The summed E-state index contributed by atoms with van der Waals surface area (Å²) in [6.45, 7) is 2.06. The number of nitrogens with two attached hydrogens (primary N) is 1. The van der Waals surface area contributed by atoms with Gasteiger partial charge in [0.2, 0.25) is 0 Å². The van der Waals surface area contributed by atoms with Crippen molar-refractivity contribution in [3.05, 3.63) is 62.0 Å². The molecule has 0 fully saturated rings. The van der Waals surface area contributed by atoms with Crippen molar-refractivity contribution in [2.75, 3.05) is 7.11 Å². The molecule has 100 valence electrons. The fourth-order valence-corrected chi connectivity index (χ4v) is 3.24. The third kappa shape index (κ3) is 3.19. The lowest BCUT2D eigenvalue weighted by Crippen LogP contribution is -2.12. The van der Waals surface area contributed by atoms with Gasteiger partial charge in [-0.2, -0.15) is 0 Å². The molecular formula is C15H15Br2NO. The van der Waals surface area contributed by atoms with Gasteiger partial charge < -0.3 is 10.5 Å². The summed E-state index contributed by atoms with van der Waals surface area (Å²) < 4.78 is 7.17. The first kappa shape index (κ1) is 14.6. The van der Waals surface area contributed by atoms with Crippen molar-refractivity contribution in [2.45, 2.75) is 13.0 Å². The number of aryl methyl sites for hydroxylation is 1. The number of benzene rings is 2. The lowest BCUT2D eigenvalue weighted by atomic mass is 9.99. The van der Waals surface area contributed by atoms with Gasteiger partial charge in [-0.3, -0.25) is 0 Å². The number of hydrogen-bond acceptors (Lipinski definition) is 2. The van der Waals surface area contributed by atoms with Gasteiger partial charge in [0.25, 0.3) is 0 Å². The molecule has 2 aromatic rings. The predicted octanol–water partition coefficient (Wildman–Crippen LogP) is 4.58. The van der Waals surface area contributed by atoms with Crippen LogP contribution in [0, 0.1) is 6.92 Å². The van der Waals surface area contributed by atoms with E-state index in [4.69, 9.17) is 10.5 Å². The highest BCUT2D eigenvalue weighted by atomic mass is 79.9. The molecule has 19 heavy (non-hydrogen) atoms. The van der Waals surface area contributed by atoms with Crippen LogP contribution in [0.15, 0.2) is 45.3 Å². The zero-order chi connectivity index (χ0) is 14.0. The fourth-order valence-electron chi connectivity index (χ4n) is 1.94. The van der Waals surface area contributed by atoms with Crippen LogP contribution in [0.2, 0.25) is 0 Å². The van der Waals surface area contributed by atoms with E-state index in [2.05, 4.69) is 57.0 Å². The SMILES string of the molecule is COc1ccc(C(N)c2ccc(C)cc2Br)cc1Br. The Hall–Kier alpha value is -0.840. The molecule has 0 spiro atoms. The van der Waals surface area contributed by atoms with Crippen LogP contribution < -0.4 is 10.5 Å². The van der Waals surface area contributed by atoms with Crippen LogP contribution in [-0.4, -0.2) is 7.11 Å². The maximum atomic E-state index is 6.34. The van der Waals surface area contributed by atoms with E-state index in [-0.39, 0.29) is 6.04 Å². The van der Waals surface area contributed by atoms with Gasteiger partial charge in [0.05, 0.1) is 17.6 Å². The van der Waals surface area contributed by atoms with Crippen LogP contribution in [0.25, 0.3) is 0 Å². The summed E-state index contributed by atoms with van der Waals surface area (Å²) in [4.78, 5) is 0. The molecule has 0 aliphatic rings. The second kappa shape index (κ2) is 6.07. The van der Waals surface area contributed by atoms with Crippen LogP contribution in [0.4, 0.5) is 0 Å². The molecule has 0 radical (unpaired) electrons. The summed E-state index contributed by atoms with van der Waals surface area (Å²) in [5.41, 5.74) is 9.65. The molecule has 4 heteroatoms. The van der Waals surface area contributed by atoms with Crippen LogP contribution in [0.3, 0.4) is 0 Å². The van der Waals surface area contributed by atoms with Crippen LogP contribution in [-0.2, 0) is 0 Å². The molecule has 2 rings (SSSR count). The third-order valence-electron chi connectivity index (χ3n) is 3.03. The molecule has 0 aliphatic carbocycles. The summed E-state index contributed by atoms with van der Waals surface area (Å²) in [7, 11) is 1.65. The van der Waals surface area contributed by atoms with E-state index in [1.165, 1.54) is 5.56 Å². The second-order valence-electron chi connectivity index (χ2n) is 4.40. The van der Waals surface area contributed by atoms with Crippen LogP contribution in [0.5, 0.6) is 5.75 Å². The van der Waals surface area contributed by atoms with Crippen molar-refractivity contribution in [2.24, 2.45) is 5.73 Å². The molecule has 0 aromatic heterocycles. The Bertz CT molecular complexity index is 599. The van der Waals surface area contributed by atoms with E-state index >= 15 is 0 Å². The summed E-state index contributed by atoms with van der Waals surface area (Å²) in [6.07, 6.45) is 0. The summed E-state index contributed by atoms with van der Waals surface area (Å²) in [6, 6.07) is 11.9. The first-order chi connectivity index (χ1) is 9.02. The maximum absolute atomic E-state index is 6.34. The first-order valence-electron chi connectivity index (χ1n) is 5.88. The van der Waals surface area contributed by atoms with E-state index in [0.29, 0.717) is 0 Å². The minimum Gasteiger partial charge on any atom is -0.496 e. The number of halogens is 2. The van der Waals surface area contributed by atoms with Gasteiger partial charge in [-0.1, -0.05) is 34.1 Å². The molecule has 1 atom stereocenters. The standard InChI is InChI=1S/C15H15Br2NO/c1-9-3-5-11(12(16)7-9)15(18)10-4-6-14(19-2)13(17)8-10/h3-8,15H,18H2,1-2H3. The maximum Gasteiger partial charge on any atom is 0.133 e. The Morgan fingerprint density at radius 2 is 1.79 bits per heavy atom. The molecule has 0 bridgehead atoms. The average molecular weight is 385 g/mol. The van der Waals surface area contributed by atoms with Gasteiger partial charge in [-0.05, 0) is 57.7 Å². The molecule has 0 saturated carbocycles. The summed E-state index contributed by atoms with van der Waals surface area (Å²) in [5.74, 6) is 0.805. The molecule has 2 aromatic carbocycles. The van der Waals surface area contributed by atoms with Crippen LogP contribution >= 0.6 is 31.9 Å². The van der Waals surface area contributed by atoms with E-state index in [9.17, 15) is 0 Å². The predicted molar refractivity (Wildman–Crippen MR) is 85.6 cm³/mol. The number of hydrogen-bond donors (Lipinski definition) is 1. The van der Waals surface area contributed by atoms with Crippen LogP contribution in [0.1, 0.15) is 22.7 Å². The average Bonchev–Trinajstić information content (AvgIpc) is 2.38. The lowest BCUT2D eigenvalue weighted by molar-refractivity contribution is 0.412. The number of rotatable bonds is 3. The van der Waals surface area contributed by atoms with Gasteiger partial charge in [-0.25, -0.2) is 0 Å². The van der Waals surface area contributed by atoms with Crippen molar-refractivity contribution in [1.82, 2.24) is 0 Å². The van der Waals surface area contributed by atoms with E-state index in [1.54, 1.807) is 7.11 Å². The van der Waals surface area contributed by atoms with Crippen molar-refractivity contribution in [1.29, 1.82) is 0 Å². The summed E-state index contributed by atoms with van der Waals surface area (Å²) >= 11 is 7.06. The molecule has 2 nitrogen and oxygen atoms in total. The Morgan fingerprint density at radius 3 is 2.37 bits per heavy atom. The van der Waals surface area contributed by atoms with Crippen molar-refractivity contribution in [3.63, 3.8) is 0 Å². The highest BCUT2D eigenvalue weighted by molar-refractivity contribution is 9.10. The Morgan fingerprint density at radius 1 is 1.05 bits per heavy atom. The fraction of sp³-hybridized carbons (Fsp3) is 0.200. The number of methoxy groups -OCH3 is 1. The molecule has 2 N–H and O–H groups in total. The molecule has 1 unspecified atom stereocenters. The lowest BCUT2D eigenvalue weighted by Gasteiger charge is -2.16. The summed E-state index contributed by atoms with van der Waals surface area (Å²) in [5, 5.41) is 0. The van der Waals surface area contributed by atoms with Gasteiger partial charge >= 0.3 is 0 Å². The monoisotopic (exact) mass is 383 g/mol. The van der Waals surface area contributed by atoms with Gasteiger partial charge in [0, 0.05) is 4.47 Å². The van der Waals surface area contributed by atoms with Gasteiger partial charge in [0.15, 0.2) is 0 Å². The highest BCUT2D eigenvalue weighted by Gasteiger charge is 2.13. The van der Waals surface area contributed by atoms with Gasteiger partial charge in [-0.15, -0.1) is 0 Å². The Balaban J connectivity index is 2.38. The van der Waals surface area contributed by atoms with E-state index in [1.807, 2.05) is 18.2 Å². The zero-order valence-electron chi connectivity index (χ0n) is 10.8. The zero-order valence-corrected chi connectivity index (χ0v) is 14.0. The third-order valence-corrected chi connectivity index (χ3v) is 4.33. The quantitative estimate of drug-likeness (QED) is 0.840. The Kier molecular flexibility index (Phi) is 4.66. The van der Waals surface area contributed by atoms with Crippen molar-refractivity contribution in [3.8, 4) is 5.75 Å². The first-order valence-corrected chi connectivity index (χ1v) is 7.46. The molecule has 0 saturated heterocycles. The Labute approximate surface area is 130 Å². The minimum absolute atomic E-state index is 0.169. The molecule has 0 amide bonds. The minimum atomic E-state index is -0.169. The molecular weight excluding hydrogens is 370 g/mol. The topological polar surface area (TPSA) is 35.2 Å². The smallest absolute Gasteiger partial charge is 0.133 e. The van der Waals surface area contributed by atoms with Crippen molar-refractivity contribution >= 4 is 31.9 Å². The van der Waals surface area contributed by atoms with Crippen molar-refractivity contribution < 1.29 is 4.74 Å². The molecule has 0 heterocycles. The second-order valence-corrected chi connectivity index (χ2v) is 6.11.